The Bertz CT molecular complexity index is 879. The van der Waals surface area contributed by atoms with Crippen LogP contribution in [0.1, 0.15) is 17.9 Å². The zero-order valence-corrected chi connectivity index (χ0v) is 15.1. The second kappa shape index (κ2) is 8.14. The molecule has 4 nitrogen and oxygen atoms in total. The summed E-state index contributed by atoms with van der Waals surface area (Å²) in [5.74, 6) is 0.433. The number of hydrogen-bond acceptors (Lipinski definition) is 3. The third-order valence-electron chi connectivity index (χ3n) is 5.14. The Balaban J connectivity index is 1.40. The maximum atomic E-state index is 12.7. The highest BCUT2D eigenvalue weighted by Crippen LogP contribution is 2.27. The monoisotopic (exact) mass is 357 g/mol. The van der Waals surface area contributed by atoms with Crippen molar-refractivity contribution in [3.05, 3.63) is 84.7 Å². The maximum Gasteiger partial charge on any atom is 0.228 e. The van der Waals surface area contributed by atoms with E-state index in [0.717, 1.165) is 36.3 Å². The first-order valence-electron chi connectivity index (χ1n) is 9.36. The highest BCUT2D eigenvalue weighted by atomic mass is 16.1. The molecule has 4 rings (SSSR count). The molecule has 2 aromatic carbocycles. The van der Waals surface area contributed by atoms with Crippen molar-refractivity contribution < 1.29 is 4.79 Å². The van der Waals surface area contributed by atoms with Gasteiger partial charge >= 0.3 is 0 Å². The molecule has 1 fully saturated rings. The van der Waals surface area contributed by atoms with Gasteiger partial charge in [-0.15, -0.1) is 0 Å². The van der Waals surface area contributed by atoms with Crippen LogP contribution in [-0.4, -0.2) is 24.0 Å². The fourth-order valence-electron chi connectivity index (χ4n) is 3.64. The van der Waals surface area contributed by atoms with E-state index in [1.807, 2.05) is 48.7 Å². The van der Waals surface area contributed by atoms with E-state index in [0.29, 0.717) is 5.92 Å². The van der Waals surface area contributed by atoms with Crippen molar-refractivity contribution in [2.75, 3.05) is 18.4 Å². The Morgan fingerprint density at radius 1 is 0.926 bits per heavy atom. The zero-order valence-electron chi connectivity index (χ0n) is 15.1. The van der Waals surface area contributed by atoms with Gasteiger partial charge in [0.2, 0.25) is 5.91 Å². The van der Waals surface area contributed by atoms with Gasteiger partial charge in [-0.05, 0) is 47.2 Å². The number of rotatable bonds is 4. The number of hydrogen-bond donors (Lipinski definition) is 2. The number of nitrogens with zero attached hydrogens (tertiary/aromatic N) is 1. The summed E-state index contributed by atoms with van der Waals surface area (Å²) < 4.78 is 0. The molecule has 2 heterocycles. The average molecular weight is 357 g/mol. The van der Waals surface area contributed by atoms with Crippen LogP contribution in [0, 0.1) is 5.92 Å². The Morgan fingerprint density at radius 3 is 2.48 bits per heavy atom. The third kappa shape index (κ3) is 4.23. The summed E-state index contributed by atoms with van der Waals surface area (Å²) in [5.41, 5.74) is 4.28. The lowest BCUT2D eigenvalue weighted by Gasteiger charge is -2.29. The summed E-state index contributed by atoms with van der Waals surface area (Å²) in [7, 11) is 0. The molecular formula is C23H23N3O. The zero-order chi connectivity index (χ0) is 18.5. The van der Waals surface area contributed by atoms with Crippen LogP contribution in [0.3, 0.4) is 0 Å². The summed E-state index contributed by atoms with van der Waals surface area (Å²) in [6.07, 6.45) is 4.47. The van der Waals surface area contributed by atoms with Crippen molar-refractivity contribution in [1.82, 2.24) is 10.3 Å². The molecular weight excluding hydrogens is 334 g/mol. The van der Waals surface area contributed by atoms with Gasteiger partial charge in [0.1, 0.15) is 0 Å². The van der Waals surface area contributed by atoms with Crippen molar-refractivity contribution in [3.63, 3.8) is 0 Å². The molecule has 1 amide bonds. The van der Waals surface area contributed by atoms with Gasteiger partial charge in [-0.2, -0.15) is 0 Å². The van der Waals surface area contributed by atoms with Gasteiger partial charge in [-0.1, -0.05) is 48.5 Å². The van der Waals surface area contributed by atoms with E-state index in [-0.39, 0.29) is 11.8 Å². The number of anilines is 1. The van der Waals surface area contributed by atoms with Crippen LogP contribution >= 0.6 is 0 Å². The predicted molar refractivity (Wildman–Crippen MR) is 108 cm³/mol. The molecule has 1 aromatic heterocycles. The Morgan fingerprint density at radius 2 is 1.74 bits per heavy atom. The lowest BCUT2D eigenvalue weighted by atomic mass is 9.85. The number of amides is 1. The minimum Gasteiger partial charge on any atom is -0.326 e. The molecule has 1 aliphatic rings. The molecule has 0 radical (unpaired) electrons. The number of aromatic nitrogens is 1. The van der Waals surface area contributed by atoms with E-state index < -0.39 is 0 Å². The molecule has 0 bridgehead atoms. The van der Waals surface area contributed by atoms with Crippen molar-refractivity contribution in [1.29, 1.82) is 0 Å². The van der Waals surface area contributed by atoms with E-state index in [2.05, 4.69) is 39.9 Å². The standard InChI is InChI=1S/C23H23N3O/c27-23(21-13-20(15-25-16-21)17-5-2-1-3-6-17)26-22-10-8-18(9-11-22)19-7-4-12-24-14-19/h1-12,14,20-21,25H,13,15-16H2,(H,26,27)/t20-,21-/m0/s1. The van der Waals surface area contributed by atoms with Crippen LogP contribution in [0.15, 0.2) is 79.1 Å². The second-order valence-corrected chi connectivity index (χ2v) is 7.01. The molecule has 1 aliphatic heterocycles. The molecule has 27 heavy (non-hydrogen) atoms. The van der Waals surface area contributed by atoms with Crippen LogP contribution in [0.5, 0.6) is 0 Å². The number of nitrogens with one attached hydrogen (secondary N) is 2. The molecule has 1 saturated heterocycles. The van der Waals surface area contributed by atoms with E-state index in [1.165, 1.54) is 5.56 Å². The average Bonchev–Trinajstić information content (AvgIpc) is 2.75. The second-order valence-electron chi connectivity index (χ2n) is 7.01. The lowest BCUT2D eigenvalue weighted by Crippen LogP contribution is -2.40. The van der Waals surface area contributed by atoms with Gasteiger partial charge in [0.25, 0.3) is 0 Å². The van der Waals surface area contributed by atoms with Gasteiger partial charge in [0.05, 0.1) is 5.92 Å². The summed E-state index contributed by atoms with van der Waals surface area (Å²) in [6, 6.07) is 22.3. The van der Waals surface area contributed by atoms with Gasteiger partial charge in [0, 0.05) is 31.2 Å². The number of pyridine rings is 1. The maximum absolute atomic E-state index is 12.7. The molecule has 136 valence electrons. The van der Waals surface area contributed by atoms with Crippen LogP contribution in [0.4, 0.5) is 5.69 Å². The van der Waals surface area contributed by atoms with E-state index in [1.54, 1.807) is 6.20 Å². The van der Waals surface area contributed by atoms with Crippen LogP contribution in [0.2, 0.25) is 0 Å². The van der Waals surface area contributed by atoms with Crippen molar-refractivity contribution >= 4 is 11.6 Å². The van der Waals surface area contributed by atoms with Gasteiger partial charge in [-0.3, -0.25) is 9.78 Å². The predicted octanol–water partition coefficient (Wildman–Crippen LogP) is 4.08. The smallest absolute Gasteiger partial charge is 0.228 e. The quantitative estimate of drug-likeness (QED) is 0.740. The molecule has 0 saturated carbocycles. The highest BCUT2D eigenvalue weighted by molar-refractivity contribution is 5.93. The van der Waals surface area contributed by atoms with E-state index >= 15 is 0 Å². The fourth-order valence-corrected chi connectivity index (χ4v) is 3.64. The van der Waals surface area contributed by atoms with Gasteiger partial charge in [0.15, 0.2) is 0 Å². The number of benzene rings is 2. The molecule has 2 atom stereocenters. The first-order valence-corrected chi connectivity index (χ1v) is 9.36. The van der Waals surface area contributed by atoms with Crippen molar-refractivity contribution in [3.8, 4) is 11.1 Å². The molecule has 3 aromatic rings. The summed E-state index contributed by atoms with van der Waals surface area (Å²) in [6.45, 7) is 1.65. The van der Waals surface area contributed by atoms with Crippen molar-refractivity contribution in [2.45, 2.75) is 12.3 Å². The third-order valence-corrected chi connectivity index (χ3v) is 5.14. The number of carbonyl (C=O) groups excluding carboxylic acids is 1. The lowest BCUT2D eigenvalue weighted by molar-refractivity contribution is -0.120. The molecule has 4 heteroatoms. The van der Waals surface area contributed by atoms with Gasteiger partial charge in [-0.25, -0.2) is 0 Å². The van der Waals surface area contributed by atoms with E-state index in [4.69, 9.17) is 0 Å². The Hall–Kier alpha value is -2.98. The SMILES string of the molecule is O=C(Nc1ccc(-c2cccnc2)cc1)[C@@H]1CNC[C@@H](c2ccccc2)C1. The molecule has 0 unspecified atom stereocenters. The fraction of sp³-hybridized carbons (Fsp3) is 0.217. The van der Waals surface area contributed by atoms with Gasteiger partial charge < -0.3 is 10.6 Å². The summed E-state index contributed by atoms with van der Waals surface area (Å²) >= 11 is 0. The summed E-state index contributed by atoms with van der Waals surface area (Å²) in [4.78, 5) is 16.9. The number of carbonyl (C=O) groups is 1. The Labute approximate surface area is 159 Å². The molecule has 0 spiro atoms. The first-order chi connectivity index (χ1) is 13.3. The van der Waals surface area contributed by atoms with Crippen LogP contribution in [0.25, 0.3) is 11.1 Å². The number of piperidine rings is 1. The molecule has 2 N–H and O–H groups in total. The normalized spacial score (nSPS) is 19.4. The van der Waals surface area contributed by atoms with Crippen LogP contribution in [-0.2, 0) is 4.79 Å². The topological polar surface area (TPSA) is 54.0 Å². The Kier molecular flexibility index (Phi) is 5.26. The largest absolute Gasteiger partial charge is 0.326 e. The van der Waals surface area contributed by atoms with Crippen LogP contribution < -0.4 is 10.6 Å². The van der Waals surface area contributed by atoms with Crippen molar-refractivity contribution in [2.24, 2.45) is 5.92 Å². The molecule has 0 aliphatic carbocycles. The minimum absolute atomic E-state index is 0.0260. The minimum atomic E-state index is -0.0260. The van der Waals surface area contributed by atoms with E-state index in [9.17, 15) is 4.79 Å². The summed E-state index contributed by atoms with van der Waals surface area (Å²) in [5, 5.41) is 6.48. The first kappa shape index (κ1) is 17.4. The highest BCUT2D eigenvalue weighted by Gasteiger charge is 2.27.